The van der Waals surface area contributed by atoms with Crippen LogP contribution in [0.4, 0.5) is 5.69 Å². The minimum Gasteiger partial charge on any atom is -0.469 e. The number of anilines is 1. The topological polar surface area (TPSA) is 49.0 Å². The minimum absolute atomic E-state index is 0.154. The van der Waals surface area contributed by atoms with Gasteiger partial charge in [-0.05, 0) is 37.3 Å². The molecule has 1 N–H and O–H groups in total. The molecule has 0 saturated carbocycles. The summed E-state index contributed by atoms with van der Waals surface area (Å²) in [5.74, 6) is 0.913. The van der Waals surface area contributed by atoms with Crippen LogP contribution in [-0.4, -0.2) is 6.04 Å². The Bertz CT molecular complexity index is 558. The van der Waals surface area contributed by atoms with E-state index in [-0.39, 0.29) is 6.04 Å². The molecule has 2 aromatic rings. The van der Waals surface area contributed by atoms with E-state index in [1.165, 1.54) is 0 Å². The van der Waals surface area contributed by atoms with Gasteiger partial charge >= 0.3 is 0 Å². The second-order valence-corrected chi connectivity index (χ2v) is 4.57. The van der Waals surface area contributed by atoms with Crippen molar-refractivity contribution in [2.75, 3.05) is 5.32 Å². The lowest BCUT2D eigenvalue weighted by molar-refractivity contribution is 0.498. The second-order valence-electron chi connectivity index (χ2n) is 4.13. The van der Waals surface area contributed by atoms with Crippen LogP contribution in [0.15, 0.2) is 41.0 Å². The standard InChI is InChI=1S/C14H13ClN2O/c1-10(7-13-3-2-6-18-13)17-14-8-12(15)5-4-11(14)9-16/h2-6,8,10,17H,7H2,1H3. The van der Waals surface area contributed by atoms with Crippen molar-refractivity contribution < 1.29 is 4.42 Å². The van der Waals surface area contributed by atoms with Crippen LogP contribution in [0.5, 0.6) is 0 Å². The van der Waals surface area contributed by atoms with Gasteiger partial charge in [0.05, 0.1) is 17.5 Å². The number of nitriles is 1. The molecule has 0 saturated heterocycles. The van der Waals surface area contributed by atoms with E-state index in [2.05, 4.69) is 11.4 Å². The zero-order valence-corrected chi connectivity index (χ0v) is 10.7. The first-order chi connectivity index (χ1) is 8.69. The molecule has 0 aliphatic rings. The molecule has 18 heavy (non-hydrogen) atoms. The summed E-state index contributed by atoms with van der Waals surface area (Å²) in [6.45, 7) is 2.03. The first-order valence-corrected chi connectivity index (χ1v) is 6.05. The quantitative estimate of drug-likeness (QED) is 0.908. The van der Waals surface area contributed by atoms with Gasteiger partial charge in [-0.1, -0.05) is 11.6 Å². The summed E-state index contributed by atoms with van der Waals surface area (Å²) < 4.78 is 5.29. The number of nitrogens with zero attached hydrogens (tertiary/aromatic N) is 1. The Balaban J connectivity index is 2.09. The average molecular weight is 261 g/mol. The van der Waals surface area contributed by atoms with Crippen LogP contribution in [0.3, 0.4) is 0 Å². The Hall–Kier alpha value is -1.92. The third-order valence-electron chi connectivity index (χ3n) is 2.59. The first-order valence-electron chi connectivity index (χ1n) is 5.67. The van der Waals surface area contributed by atoms with Crippen LogP contribution < -0.4 is 5.32 Å². The number of benzene rings is 1. The van der Waals surface area contributed by atoms with Gasteiger partial charge in [-0.25, -0.2) is 0 Å². The molecule has 92 valence electrons. The van der Waals surface area contributed by atoms with Crippen LogP contribution in [0.2, 0.25) is 5.02 Å². The Labute approximate surface area is 111 Å². The molecule has 4 heteroatoms. The molecule has 1 heterocycles. The molecule has 0 bridgehead atoms. The second kappa shape index (κ2) is 5.61. The summed E-state index contributed by atoms with van der Waals surface area (Å²) in [5, 5.41) is 12.9. The van der Waals surface area contributed by atoms with Crippen molar-refractivity contribution in [1.29, 1.82) is 5.26 Å². The van der Waals surface area contributed by atoms with E-state index in [1.807, 2.05) is 19.1 Å². The monoisotopic (exact) mass is 260 g/mol. The third-order valence-corrected chi connectivity index (χ3v) is 2.83. The maximum atomic E-state index is 9.03. The van der Waals surface area contributed by atoms with E-state index in [4.69, 9.17) is 21.3 Å². The van der Waals surface area contributed by atoms with E-state index in [1.54, 1.807) is 24.5 Å². The fourth-order valence-corrected chi connectivity index (χ4v) is 1.95. The summed E-state index contributed by atoms with van der Waals surface area (Å²) in [7, 11) is 0. The van der Waals surface area contributed by atoms with Crippen molar-refractivity contribution in [3.8, 4) is 6.07 Å². The molecule has 0 radical (unpaired) electrons. The molecule has 1 aromatic carbocycles. The van der Waals surface area contributed by atoms with Gasteiger partial charge in [0.15, 0.2) is 0 Å². The smallest absolute Gasteiger partial charge is 0.105 e. The molecular weight excluding hydrogens is 248 g/mol. The lowest BCUT2D eigenvalue weighted by Gasteiger charge is -2.15. The molecule has 1 atom stereocenters. The Kier molecular flexibility index (Phi) is 3.91. The molecule has 1 unspecified atom stereocenters. The fraction of sp³-hybridized carbons (Fsp3) is 0.214. The van der Waals surface area contributed by atoms with Gasteiger partial charge in [0.2, 0.25) is 0 Å². The van der Waals surface area contributed by atoms with Gasteiger partial charge in [-0.15, -0.1) is 0 Å². The largest absolute Gasteiger partial charge is 0.469 e. The highest BCUT2D eigenvalue weighted by molar-refractivity contribution is 6.30. The number of rotatable bonds is 4. The van der Waals surface area contributed by atoms with Gasteiger partial charge in [0, 0.05) is 17.5 Å². The lowest BCUT2D eigenvalue weighted by Crippen LogP contribution is -2.18. The normalized spacial score (nSPS) is 11.8. The van der Waals surface area contributed by atoms with E-state index < -0.39 is 0 Å². The fourth-order valence-electron chi connectivity index (χ4n) is 1.78. The van der Waals surface area contributed by atoms with E-state index in [0.717, 1.165) is 17.9 Å². The molecule has 3 nitrogen and oxygen atoms in total. The Morgan fingerprint density at radius 1 is 1.44 bits per heavy atom. The number of halogens is 1. The average Bonchev–Trinajstić information content (AvgIpc) is 2.82. The summed E-state index contributed by atoms with van der Waals surface area (Å²) in [6, 6.07) is 11.3. The van der Waals surface area contributed by atoms with Crippen molar-refractivity contribution in [1.82, 2.24) is 0 Å². The van der Waals surface area contributed by atoms with E-state index >= 15 is 0 Å². The third kappa shape index (κ3) is 3.06. The molecule has 0 aliphatic heterocycles. The zero-order chi connectivity index (χ0) is 13.0. The minimum atomic E-state index is 0.154. The highest BCUT2D eigenvalue weighted by atomic mass is 35.5. The van der Waals surface area contributed by atoms with Crippen LogP contribution in [0.1, 0.15) is 18.2 Å². The molecule has 0 amide bonds. The van der Waals surface area contributed by atoms with Crippen molar-refractivity contribution in [3.05, 3.63) is 52.9 Å². The van der Waals surface area contributed by atoms with Crippen molar-refractivity contribution in [2.45, 2.75) is 19.4 Å². The zero-order valence-electron chi connectivity index (χ0n) is 9.98. The molecule has 0 fully saturated rings. The van der Waals surface area contributed by atoms with E-state index in [9.17, 15) is 0 Å². The predicted molar refractivity (Wildman–Crippen MR) is 71.7 cm³/mol. The highest BCUT2D eigenvalue weighted by Crippen LogP contribution is 2.21. The van der Waals surface area contributed by atoms with Crippen LogP contribution >= 0.6 is 11.6 Å². The van der Waals surface area contributed by atoms with Crippen molar-refractivity contribution in [3.63, 3.8) is 0 Å². The molecule has 1 aromatic heterocycles. The number of furan rings is 1. The van der Waals surface area contributed by atoms with Gasteiger partial charge in [-0.2, -0.15) is 5.26 Å². The first kappa shape index (κ1) is 12.5. The summed E-state index contributed by atoms with van der Waals surface area (Å²) in [6.07, 6.45) is 2.41. The lowest BCUT2D eigenvalue weighted by atomic mass is 10.1. The number of hydrogen-bond donors (Lipinski definition) is 1. The van der Waals surface area contributed by atoms with Gasteiger partial charge in [0.25, 0.3) is 0 Å². The Morgan fingerprint density at radius 2 is 2.28 bits per heavy atom. The number of hydrogen-bond acceptors (Lipinski definition) is 3. The SMILES string of the molecule is CC(Cc1ccco1)Nc1cc(Cl)ccc1C#N. The maximum Gasteiger partial charge on any atom is 0.105 e. The molecular formula is C14H13ClN2O. The Morgan fingerprint density at radius 3 is 2.94 bits per heavy atom. The molecule has 0 aliphatic carbocycles. The van der Waals surface area contributed by atoms with Crippen molar-refractivity contribution >= 4 is 17.3 Å². The van der Waals surface area contributed by atoms with Crippen LogP contribution in [0.25, 0.3) is 0 Å². The highest BCUT2D eigenvalue weighted by Gasteiger charge is 2.09. The van der Waals surface area contributed by atoms with Crippen LogP contribution in [0, 0.1) is 11.3 Å². The van der Waals surface area contributed by atoms with Crippen molar-refractivity contribution in [2.24, 2.45) is 0 Å². The number of nitrogens with one attached hydrogen (secondary N) is 1. The van der Waals surface area contributed by atoms with Gasteiger partial charge in [-0.3, -0.25) is 0 Å². The molecule has 2 rings (SSSR count). The summed E-state index contributed by atoms with van der Waals surface area (Å²) >= 11 is 5.93. The predicted octanol–water partition coefficient (Wildman–Crippen LogP) is 3.85. The van der Waals surface area contributed by atoms with Gasteiger partial charge < -0.3 is 9.73 Å². The molecule has 0 spiro atoms. The summed E-state index contributed by atoms with van der Waals surface area (Å²) in [4.78, 5) is 0. The van der Waals surface area contributed by atoms with E-state index in [0.29, 0.717) is 10.6 Å². The van der Waals surface area contributed by atoms with Gasteiger partial charge in [0.1, 0.15) is 11.8 Å². The maximum absolute atomic E-state index is 9.03. The van der Waals surface area contributed by atoms with Crippen LogP contribution in [-0.2, 0) is 6.42 Å². The summed E-state index contributed by atoms with van der Waals surface area (Å²) in [5.41, 5.74) is 1.34.